The van der Waals surface area contributed by atoms with E-state index in [0.717, 1.165) is 0 Å². The topological polar surface area (TPSA) is 96.1 Å². The van der Waals surface area contributed by atoms with E-state index in [0.29, 0.717) is 5.69 Å². The molecule has 0 aliphatic carbocycles. The number of Topliss-reactive ketones (excluding diaryl/α,β-unsaturated/α-hetero) is 1. The van der Waals surface area contributed by atoms with E-state index in [9.17, 15) is 18.0 Å². The number of pyridine rings is 1. The Balaban J connectivity index is 2.41. The van der Waals surface area contributed by atoms with Crippen LogP contribution in [0, 0.1) is 6.92 Å². The average molecular weight is 306 g/mol. The molecular formula is C14H14N2O4S. The van der Waals surface area contributed by atoms with Gasteiger partial charge in [0.1, 0.15) is 5.69 Å². The number of anilines is 1. The van der Waals surface area contributed by atoms with Crippen molar-refractivity contribution in [3.8, 4) is 0 Å². The Morgan fingerprint density at radius 3 is 2.52 bits per heavy atom. The summed E-state index contributed by atoms with van der Waals surface area (Å²) in [4.78, 5) is 25.4. The van der Waals surface area contributed by atoms with E-state index < -0.39 is 15.6 Å². The monoisotopic (exact) mass is 306 g/mol. The highest BCUT2D eigenvalue weighted by Gasteiger charge is 2.17. The van der Waals surface area contributed by atoms with Gasteiger partial charge < -0.3 is 4.98 Å². The second-order valence-corrected chi connectivity index (χ2v) is 6.26. The van der Waals surface area contributed by atoms with E-state index in [1.165, 1.54) is 37.3 Å². The first-order chi connectivity index (χ1) is 9.79. The Morgan fingerprint density at radius 1 is 1.19 bits per heavy atom. The normalized spacial score (nSPS) is 11.1. The van der Waals surface area contributed by atoms with E-state index in [4.69, 9.17) is 0 Å². The minimum absolute atomic E-state index is 0.0739. The lowest BCUT2D eigenvalue weighted by Crippen LogP contribution is -2.20. The number of sulfonamides is 1. The number of carbonyl (C=O) groups is 1. The van der Waals surface area contributed by atoms with Gasteiger partial charge in [0.05, 0.1) is 4.90 Å². The number of hydrogen-bond donors (Lipinski definition) is 2. The van der Waals surface area contributed by atoms with Crippen LogP contribution < -0.4 is 10.3 Å². The lowest BCUT2D eigenvalue weighted by molar-refractivity contribution is 0.101. The first-order valence-corrected chi connectivity index (χ1v) is 7.62. The van der Waals surface area contributed by atoms with Crippen molar-refractivity contribution in [3.05, 3.63) is 58.0 Å². The van der Waals surface area contributed by atoms with E-state index in [1.54, 1.807) is 13.0 Å². The summed E-state index contributed by atoms with van der Waals surface area (Å²) in [6.07, 6.45) is 0. The molecule has 0 saturated carbocycles. The molecule has 21 heavy (non-hydrogen) atoms. The fraction of sp³-hybridized carbons (Fsp3) is 0.143. The highest BCUT2D eigenvalue weighted by molar-refractivity contribution is 7.92. The highest BCUT2D eigenvalue weighted by atomic mass is 32.2. The fourth-order valence-electron chi connectivity index (χ4n) is 1.74. The van der Waals surface area contributed by atoms with Gasteiger partial charge in [-0.25, -0.2) is 8.42 Å². The minimum Gasteiger partial charge on any atom is -0.325 e. The van der Waals surface area contributed by atoms with Crippen LogP contribution >= 0.6 is 0 Å². The van der Waals surface area contributed by atoms with Crippen LogP contribution in [0.15, 0.2) is 46.1 Å². The number of H-pyrrole nitrogens is 1. The Morgan fingerprint density at radius 2 is 1.90 bits per heavy atom. The molecular weight excluding hydrogens is 292 g/mol. The van der Waals surface area contributed by atoms with Crippen molar-refractivity contribution >= 4 is 21.5 Å². The Kier molecular flexibility index (Phi) is 3.95. The van der Waals surface area contributed by atoms with Crippen LogP contribution in [-0.2, 0) is 10.0 Å². The number of benzene rings is 1. The zero-order valence-electron chi connectivity index (χ0n) is 11.5. The van der Waals surface area contributed by atoms with Gasteiger partial charge in [0, 0.05) is 11.3 Å². The third-order valence-corrected chi connectivity index (χ3v) is 4.21. The van der Waals surface area contributed by atoms with Crippen molar-refractivity contribution in [2.45, 2.75) is 18.7 Å². The Hall–Kier alpha value is -2.41. The molecule has 1 heterocycles. The summed E-state index contributed by atoms with van der Waals surface area (Å²) in [6, 6.07) is 8.61. The number of rotatable bonds is 4. The zero-order chi connectivity index (χ0) is 15.6. The molecule has 0 aliphatic heterocycles. The maximum Gasteiger partial charge on any atom is 0.272 e. The molecule has 0 bridgehead atoms. The molecule has 0 aliphatic rings. The number of ketones is 1. The molecule has 7 heteroatoms. The van der Waals surface area contributed by atoms with E-state index in [-0.39, 0.29) is 21.9 Å². The molecule has 0 amide bonds. The molecule has 0 fully saturated rings. The molecule has 110 valence electrons. The van der Waals surface area contributed by atoms with Gasteiger partial charge >= 0.3 is 0 Å². The summed E-state index contributed by atoms with van der Waals surface area (Å²) in [5.41, 5.74) is 0.312. The second kappa shape index (κ2) is 5.53. The maximum absolute atomic E-state index is 12.2. The summed E-state index contributed by atoms with van der Waals surface area (Å²) in [5, 5.41) is 0. The van der Waals surface area contributed by atoms with Gasteiger partial charge in [0.25, 0.3) is 15.6 Å². The number of aryl methyl sites for hydroxylation is 1. The van der Waals surface area contributed by atoms with Gasteiger partial charge in [0.15, 0.2) is 5.78 Å². The zero-order valence-corrected chi connectivity index (χ0v) is 12.3. The number of aromatic amines is 1. The summed E-state index contributed by atoms with van der Waals surface area (Å²) in [5.74, 6) is -0.236. The Bertz CT molecular complexity index is 853. The smallest absolute Gasteiger partial charge is 0.272 e. The van der Waals surface area contributed by atoms with E-state index >= 15 is 0 Å². The van der Waals surface area contributed by atoms with Crippen LogP contribution in [0.25, 0.3) is 0 Å². The summed E-state index contributed by atoms with van der Waals surface area (Å²) >= 11 is 0. The predicted molar refractivity (Wildman–Crippen MR) is 79.1 cm³/mol. The first kappa shape index (κ1) is 15.0. The molecule has 2 N–H and O–H groups in total. The molecule has 0 saturated heterocycles. The standard InChI is InChI=1S/C14H14N2O4S/c1-9-6-7-13(14(18)15-9)16-21(19,20)12-5-3-4-11(8-12)10(2)17/h3-8,16H,1-2H3,(H,15,18). The first-order valence-electron chi connectivity index (χ1n) is 6.13. The van der Waals surface area contributed by atoms with Gasteiger partial charge in [-0.05, 0) is 38.1 Å². The van der Waals surface area contributed by atoms with Crippen molar-refractivity contribution in [1.82, 2.24) is 4.98 Å². The molecule has 0 spiro atoms. The fourth-order valence-corrected chi connectivity index (χ4v) is 2.85. The second-order valence-electron chi connectivity index (χ2n) is 4.57. The lowest BCUT2D eigenvalue weighted by Gasteiger charge is -2.08. The lowest BCUT2D eigenvalue weighted by atomic mass is 10.2. The van der Waals surface area contributed by atoms with Crippen LogP contribution in [-0.4, -0.2) is 19.2 Å². The highest BCUT2D eigenvalue weighted by Crippen LogP contribution is 2.15. The van der Waals surface area contributed by atoms with Gasteiger partial charge in [-0.1, -0.05) is 12.1 Å². The third kappa shape index (κ3) is 3.38. The van der Waals surface area contributed by atoms with Crippen molar-refractivity contribution in [1.29, 1.82) is 0 Å². The number of hydrogen-bond acceptors (Lipinski definition) is 4. The van der Waals surface area contributed by atoms with Crippen molar-refractivity contribution in [2.24, 2.45) is 0 Å². The van der Waals surface area contributed by atoms with Crippen molar-refractivity contribution in [2.75, 3.05) is 4.72 Å². The van der Waals surface area contributed by atoms with E-state index in [2.05, 4.69) is 9.71 Å². The summed E-state index contributed by atoms with van der Waals surface area (Å²) in [7, 11) is -3.93. The summed E-state index contributed by atoms with van der Waals surface area (Å²) < 4.78 is 26.7. The largest absolute Gasteiger partial charge is 0.325 e. The number of nitrogens with one attached hydrogen (secondary N) is 2. The molecule has 2 aromatic rings. The van der Waals surface area contributed by atoms with Crippen molar-refractivity contribution in [3.63, 3.8) is 0 Å². The van der Waals surface area contributed by atoms with E-state index in [1.807, 2.05) is 0 Å². The van der Waals surface area contributed by atoms with Crippen LogP contribution in [0.5, 0.6) is 0 Å². The molecule has 1 aromatic carbocycles. The van der Waals surface area contributed by atoms with Gasteiger partial charge in [-0.3, -0.25) is 14.3 Å². The average Bonchev–Trinajstić information content (AvgIpc) is 2.42. The number of carbonyl (C=O) groups excluding carboxylic acids is 1. The van der Waals surface area contributed by atoms with Gasteiger partial charge in [-0.15, -0.1) is 0 Å². The SMILES string of the molecule is CC(=O)c1cccc(S(=O)(=O)Nc2ccc(C)[nH]c2=O)c1. The Labute approximate surface area is 121 Å². The van der Waals surface area contributed by atoms with Crippen LogP contribution in [0.4, 0.5) is 5.69 Å². The molecule has 1 aromatic heterocycles. The summed E-state index contributed by atoms with van der Waals surface area (Å²) in [6.45, 7) is 3.04. The molecule has 0 radical (unpaired) electrons. The van der Waals surface area contributed by atoms with Crippen LogP contribution in [0.3, 0.4) is 0 Å². The van der Waals surface area contributed by atoms with Gasteiger partial charge in [-0.2, -0.15) is 0 Å². The molecule has 0 atom stereocenters. The van der Waals surface area contributed by atoms with Gasteiger partial charge in [0.2, 0.25) is 0 Å². The molecule has 0 unspecified atom stereocenters. The van der Waals surface area contributed by atoms with Crippen LogP contribution in [0.2, 0.25) is 0 Å². The number of aromatic nitrogens is 1. The third-order valence-electron chi connectivity index (χ3n) is 2.85. The van der Waals surface area contributed by atoms with Crippen LogP contribution in [0.1, 0.15) is 23.0 Å². The molecule has 6 nitrogen and oxygen atoms in total. The minimum atomic E-state index is -3.93. The van der Waals surface area contributed by atoms with Crippen molar-refractivity contribution < 1.29 is 13.2 Å². The maximum atomic E-state index is 12.2. The molecule has 2 rings (SSSR count). The predicted octanol–water partition coefficient (Wildman–Crippen LogP) is 1.69. The quantitative estimate of drug-likeness (QED) is 0.840.